The fourth-order valence-corrected chi connectivity index (χ4v) is 2.13. The first-order valence-corrected chi connectivity index (χ1v) is 6.30. The summed E-state index contributed by atoms with van der Waals surface area (Å²) in [6, 6.07) is 1.49. The minimum Gasteiger partial charge on any atom is -0.363 e. The average Bonchev–Trinajstić information content (AvgIpc) is 3.12. The van der Waals surface area contributed by atoms with Gasteiger partial charge in [-0.25, -0.2) is 9.78 Å². The van der Waals surface area contributed by atoms with E-state index in [4.69, 9.17) is 0 Å². The number of hydrogen-bond acceptors (Lipinski definition) is 6. The van der Waals surface area contributed by atoms with Crippen LogP contribution in [0.4, 0.5) is 5.82 Å². The van der Waals surface area contributed by atoms with Crippen LogP contribution >= 0.6 is 0 Å². The van der Waals surface area contributed by atoms with E-state index in [2.05, 4.69) is 20.0 Å². The monoisotopic (exact) mass is 304 g/mol. The van der Waals surface area contributed by atoms with E-state index in [-0.39, 0.29) is 23.5 Å². The average molecular weight is 304 g/mol. The van der Waals surface area contributed by atoms with Crippen LogP contribution in [0.1, 0.15) is 0 Å². The van der Waals surface area contributed by atoms with Gasteiger partial charge in [0, 0.05) is 20.2 Å². The van der Waals surface area contributed by atoms with Crippen molar-refractivity contribution >= 4 is 22.9 Å². The number of nitrogens with one attached hydrogen (secondary N) is 1. The molecular weight excluding hydrogens is 292 g/mol. The lowest BCUT2D eigenvalue weighted by atomic mass is 10.4. The first-order chi connectivity index (χ1) is 10.5. The fraction of sp³-hybridized carbons (Fsp3) is 0.250. The van der Waals surface area contributed by atoms with Crippen LogP contribution < -0.4 is 16.6 Å². The van der Waals surface area contributed by atoms with Gasteiger partial charge in [0.05, 0.1) is 6.33 Å². The Hall–Kier alpha value is -3.17. The molecule has 0 aromatic carbocycles. The molecule has 0 spiro atoms. The molecule has 0 bridgehead atoms. The summed E-state index contributed by atoms with van der Waals surface area (Å²) in [5, 5.41) is 6.08. The molecule has 22 heavy (non-hydrogen) atoms. The van der Waals surface area contributed by atoms with E-state index in [1.54, 1.807) is 0 Å². The molecule has 10 heteroatoms. The number of carbonyl (C=O) groups excluding carboxylic acids is 1. The number of rotatable bonds is 3. The lowest BCUT2D eigenvalue weighted by Gasteiger charge is -2.06. The highest BCUT2D eigenvalue weighted by molar-refractivity contribution is 5.90. The Balaban J connectivity index is 2.00. The van der Waals surface area contributed by atoms with Gasteiger partial charge in [0.2, 0.25) is 5.91 Å². The fourth-order valence-electron chi connectivity index (χ4n) is 2.13. The van der Waals surface area contributed by atoms with Gasteiger partial charge in [-0.3, -0.25) is 18.7 Å². The molecule has 0 atom stereocenters. The standard InChI is InChI=1S/C12H12N6O4/c1-16-10-9(11(20)17(2)12(16)21)18(6-13-10)5-8(19)14-7-3-4-22-15-7/h3-4,6H,5H2,1-2H3,(H,14,15,19). The third-order valence-corrected chi connectivity index (χ3v) is 3.24. The third kappa shape index (κ3) is 2.10. The van der Waals surface area contributed by atoms with Gasteiger partial charge < -0.3 is 14.4 Å². The van der Waals surface area contributed by atoms with Gasteiger partial charge in [-0.2, -0.15) is 0 Å². The summed E-state index contributed by atoms with van der Waals surface area (Å²) in [6.45, 7) is -0.142. The van der Waals surface area contributed by atoms with E-state index in [1.807, 2.05) is 0 Å². The molecule has 0 unspecified atom stereocenters. The number of anilines is 1. The number of aryl methyl sites for hydroxylation is 1. The smallest absolute Gasteiger partial charge is 0.332 e. The molecule has 0 saturated heterocycles. The van der Waals surface area contributed by atoms with Crippen molar-refractivity contribution < 1.29 is 9.32 Å². The van der Waals surface area contributed by atoms with Gasteiger partial charge in [0.15, 0.2) is 17.0 Å². The number of aromatic nitrogens is 5. The highest BCUT2D eigenvalue weighted by Gasteiger charge is 2.16. The van der Waals surface area contributed by atoms with Crippen molar-refractivity contribution in [2.24, 2.45) is 14.1 Å². The van der Waals surface area contributed by atoms with Crippen LogP contribution in [0.25, 0.3) is 11.2 Å². The second kappa shape index (κ2) is 4.98. The Morgan fingerprint density at radius 1 is 1.32 bits per heavy atom. The largest absolute Gasteiger partial charge is 0.363 e. The molecule has 3 aromatic rings. The minimum absolute atomic E-state index is 0.142. The van der Waals surface area contributed by atoms with Crippen LogP contribution in [0.5, 0.6) is 0 Å². The van der Waals surface area contributed by atoms with E-state index >= 15 is 0 Å². The van der Waals surface area contributed by atoms with Gasteiger partial charge in [0.25, 0.3) is 5.56 Å². The maximum Gasteiger partial charge on any atom is 0.332 e. The number of fused-ring (bicyclic) bond motifs is 1. The van der Waals surface area contributed by atoms with Crippen molar-refractivity contribution in [3.05, 3.63) is 39.5 Å². The highest BCUT2D eigenvalue weighted by atomic mass is 16.5. The summed E-state index contributed by atoms with van der Waals surface area (Å²) in [4.78, 5) is 40.0. The summed E-state index contributed by atoms with van der Waals surface area (Å²) >= 11 is 0. The Bertz CT molecular complexity index is 962. The van der Waals surface area contributed by atoms with Crippen LogP contribution in [0.15, 0.2) is 32.8 Å². The zero-order valence-corrected chi connectivity index (χ0v) is 11.8. The molecule has 0 aliphatic carbocycles. The molecule has 1 amide bonds. The molecule has 3 aromatic heterocycles. The van der Waals surface area contributed by atoms with Crippen molar-refractivity contribution in [1.29, 1.82) is 0 Å². The maximum atomic E-state index is 12.2. The van der Waals surface area contributed by atoms with Crippen molar-refractivity contribution in [3.63, 3.8) is 0 Å². The molecule has 0 saturated carbocycles. The van der Waals surface area contributed by atoms with E-state index in [0.29, 0.717) is 0 Å². The van der Waals surface area contributed by atoms with Crippen LogP contribution in [-0.4, -0.2) is 29.7 Å². The zero-order valence-electron chi connectivity index (χ0n) is 11.8. The maximum absolute atomic E-state index is 12.2. The Morgan fingerprint density at radius 3 is 2.77 bits per heavy atom. The van der Waals surface area contributed by atoms with Gasteiger partial charge in [-0.05, 0) is 0 Å². The summed E-state index contributed by atoms with van der Waals surface area (Å²) in [6.07, 6.45) is 2.67. The van der Waals surface area contributed by atoms with Crippen LogP contribution in [0.2, 0.25) is 0 Å². The zero-order chi connectivity index (χ0) is 15.9. The molecule has 1 N–H and O–H groups in total. The molecule has 3 rings (SSSR count). The molecule has 3 heterocycles. The SMILES string of the molecule is Cn1c(=O)c2c(ncn2CC(=O)Nc2ccon2)n(C)c1=O. The number of imidazole rings is 1. The van der Waals surface area contributed by atoms with E-state index in [1.165, 1.54) is 41.9 Å². The van der Waals surface area contributed by atoms with Gasteiger partial charge in [0.1, 0.15) is 12.8 Å². The third-order valence-electron chi connectivity index (χ3n) is 3.24. The Labute approximate surface area is 122 Å². The predicted octanol–water partition coefficient (Wildman–Crippen LogP) is -0.940. The summed E-state index contributed by atoms with van der Waals surface area (Å²) in [5.41, 5.74) is -0.582. The first kappa shape index (κ1) is 13.8. The molecule has 0 radical (unpaired) electrons. The molecule has 10 nitrogen and oxygen atoms in total. The number of carbonyl (C=O) groups is 1. The van der Waals surface area contributed by atoms with Crippen LogP contribution in [0, 0.1) is 0 Å². The minimum atomic E-state index is -0.509. The molecule has 0 fully saturated rings. The first-order valence-electron chi connectivity index (χ1n) is 6.30. The van der Waals surface area contributed by atoms with Crippen molar-refractivity contribution in [1.82, 2.24) is 23.8 Å². The van der Waals surface area contributed by atoms with E-state index in [9.17, 15) is 14.4 Å². The van der Waals surface area contributed by atoms with E-state index in [0.717, 1.165) is 4.57 Å². The predicted molar refractivity (Wildman–Crippen MR) is 75.3 cm³/mol. The second-order valence-corrected chi connectivity index (χ2v) is 4.68. The van der Waals surface area contributed by atoms with E-state index < -0.39 is 17.2 Å². The summed E-state index contributed by atoms with van der Waals surface area (Å²) < 4.78 is 8.21. The second-order valence-electron chi connectivity index (χ2n) is 4.68. The number of nitrogens with zero attached hydrogens (tertiary/aromatic N) is 5. The normalized spacial score (nSPS) is 11.0. The lowest BCUT2D eigenvalue weighted by Crippen LogP contribution is -2.37. The van der Waals surface area contributed by atoms with Crippen molar-refractivity contribution in [3.8, 4) is 0 Å². The lowest BCUT2D eigenvalue weighted by molar-refractivity contribution is -0.116. The van der Waals surface area contributed by atoms with Crippen molar-refractivity contribution in [2.75, 3.05) is 5.32 Å². The van der Waals surface area contributed by atoms with Gasteiger partial charge >= 0.3 is 5.69 Å². The van der Waals surface area contributed by atoms with Crippen LogP contribution in [0.3, 0.4) is 0 Å². The topological polar surface area (TPSA) is 117 Å². The molecular formula is C12H12N6O4. The highest BCUT2D eigenvalue weighted by Crippen LogP contribution is 2.06. The van der Waals surface area contributed by atoms with Gasteiger partial charge in [-0.15, -0.1) is 0 Å². The van der Waals surface area contributed by atoms with Gasteiger partial charge in [-0.1, -0.05) is 5.16 Å². The summed E-state index contributed by atoms with van der Waals surface area (Å²) in [5.74, 6) is -0.126. The van der Waals surface area contributed by atoms with Crippen LogP contribution in [-0.2, 0) is 25.4 Å². The number of hydrogen-bond donors (Lipinski definition) is 1. The quantitative estimate of drug-likeness (QED) is 0.667. The summed E-state index contributed by atoms with van der Waals surface area (Å²) in [7, 11) is 2.88. The Kier molecular flexibility index (Phi) is 3.13. The molecule has 0 aliphatic rings. The number of amides is 1. The Morgan fingerprint density at radius 2 is 2.09 bits per heavy atom. The van der Waals surface area contributed by atoms with Crippen molar-refractivity contribution in [2.45, 2.75) is 6.54 Å². The molecule has 114 valence electrons. The molecule has 0 aliphatic heterocycles.